The first-order valence-electron chi connectivity index (χ1n) is 6.05. The Balaban J connectivity index is 2.05. The van der Waals surface area contributed by atoms with Gasteiger partial charge in [-0.15, -0.1) is 0 Å². The van der Waals surface area contributed by atoms with E-state index in [-0.39, 0.29) is 5.78 Å². The van der Waals surface area contributed by atoms with E-state index in [1.54, 1.807) is 0 Å². The third kappa shape index (κ3) is 2.93. The van der Waals surface area contributed by atoms with Gasteiger partial charge in [-0.2, -0.15) is 0 Å². The summed E-state index contributed by atoms with van der Waals surface area (Å²) >= 11 is 0. The van der Waals surface area contributed by atoms with Gasteiger partial charge >= 0.3 is 0 Å². The molecule has 1 unspecified atom stereocenters. The van der Waals surface area contributed by atoms with Crippen molar-refractivity contribution in [2.75, 3.05) is 0 Å². The zero-order valence-electron chi connectivity index (χ0n) is 10.3. The molecule has 1 atom stereocenters. The van der Waals surface area contributed by atoms with Crippen LogP contribution in [0.25, 0.3) is 11.1 Å². The second-order valence-electron chi connectivity index (χ2n) is 4.51. The molecule has 0 N–H and O–H groups in total. The Labute approximate surface area is 101 Å². The predicted molar refractivity (Wildman–Crippen MR) is 66.8 cm³/mol. The number of aromatic nitrogens is 1. The zero-order valence-corrected chi connectivity index (χ0v) is 10.3. The van der Waals surface area contributed by atoms with E-state index < -0.39 is 0 Å². The number of carbonyl (C=O) groups excluding carboxylic acids is 1. The van der Waals surface area contributed by atoms with Gasteiger partial charge in [0.2, 0.25) is 5.89 Å². The summed E-state index contributed by atoms with van der Waals surface area (Å²) in [7, 11) is 0. The normalized spacial score (nSPS) is 12.8. The van der Waals surface area contributed by atoms with Crippen LogP contribution in [-0.2, 0) is 11.2 Å². The van der Waals surface area contributed by atoms with Gasteiger partial charge in [-0.25, -0.2) is 4.98 Å². The number of benzene rings is 1. The number of fused-ring (bicyclic) bond motifs is 1. The van der Waals surface area contributed by atoms with Gasteiger partial charge in [-0.05, 0) is 18.1 Å². The molecular formula is C14H17NO2. The van der Waals surface area contributed by atoms with Crippen molar-refractivity contribution in [3.8, 4) is 0 Å². The number of Topliss-reactive ketones (excluding diaryl/α,β-unsaturated/α-hetero) is 1. The molecule has 1 aromatic carbocycles. The number of hydrogen-bond donors (Lipinski definition) is 0. The van der Waals surface area contributed by atoms with Crippen LogP contribution in [0.1, 0.15) is 32.6 Å². The molecule has 1 heterocycles. The third-order valence-corrected chi connectivity index (χ3v) is 2.96. The zero-order chi connectivity index (χ0) is 12.3. The lowest BCUT2D eigenvalue weighted by Crippen LogP contribution is -2.07. The molecule has 0 bridgehead atoms. The van der Waals surface area contributed by atoms with Crippen LogP contribution in [0, 0.1) is 5.92 Å². The molecule has 2 aromatic rings. The lowest BCUT2D eigenvalue weighted by molar-refractivity contribution is -0.119. The topological polar surface area (TPSA) is 43.1 Å². The summed E-state index contributed by atoms with van der Waals surface area (Å²) in [5.74, 6) is 1.16. The minimum Gasteiger partial charge on any atom is -0.440 e. The summed E-state index contributed by atoms with van der Waals surface area (Å²) in [5.41, 5.74) is 1.57. The average Bonchev–Trinajstić information content (AvgIpc) is 2.70. The first-order chi connectivity index (χ1) is 8.19. The van der Waals surface area contributed by atoms with Gasteiger partial charge in [-0.1, -0.05) is 32.4 Å². The minimum atomic E-state index is 0.200. The fraction of sp³-hybridized carbons (Fsp3) is 0.429. The van der Waals surface area contributed by atoms with Crippen molar-refractivity contribution < 1.29 is 9.21 Å². The van der Waals surface area contributed by atoms with Crippen molar-refractivity contribution >= 4 is 16.9 Å². The molecule has 17 heavy (non-hydrogen) atoms. The molecule has 0 saturated heterocycles. The van der Waals surface area contributed by atoms with E-state index in [4.69, 9.17) is 4.42 Å². The average molecular weight is 231 g/mol. The Morgan fingerprint density at radius 2 is 2.18 bits per heavy atom. The standard InChI is InChI=1S/C14H17NO2/c1-3-10(2)8-11(16)9-14-15-12-6-4-5-7-13(12)17-14/h4-7,10H,3,8-9H2,1-2H3. The van der Waals surface area contributed by atoms with E-state index >= 15 is 0 Å². The first-order valence-corrected chi connectivity index (χ1v) is 6.05. The highest BCUT2D eigenvalue weighted by atomic mass is 16.3. The Hall–Kier alpha value is -1.64. The summed E-state index contributed by atoms with van der Waals surface area (Å²) in [6.07, 6.45) is 1.94. The second kappa shape index (κ2) is 5.13. The van der Waals surface area contributed by atoms with Crippen LogP contribution in [0.15, 0.2) is 28.7 Å². The maximum atomic E-state index is 11.8. The maximum Gasteiger partial charge on any atom is 0.202 e. The van der Waals surface area contributed by atoms with Crippen LogP contribution >= 0.6 is 0 Å². The molecule has 0 aliphatic carbocycles. The molecule has 3 nitrogen and oxygen atoms in total. The second-order valence-corrected chi connectivity index (χ2v) is 4.51. The maximum absolute atomic E-state index is 11.8. The molecule has 3 heteroatoms. The smallest absolute Gasteiger partial charge is 0.202 e. The van der Waals surface area contributed by atoms with Gasteiger partial charge in [0.05, 0.1) is 6.42 Å². The van der Waals surface area contributed by atoms with Crippen LogP contribution in [0.2, 0.25) is 0 Å². The molecule has 2 rings (SSSR count). The summed E-state index contributed by atoms with van der Waals surface area (Å²) in [5, 5.41) is 0. The Morgan fingerprint density at radius 3 is 2.88 bits per heavy atom. The van der Waals surface area contributed by atoms with E-state index in [0.29, 0.717) is 24.7 Å². The number of hydrogen-bond acceptors (Lipinski definition) is 3. The van der Waals surface area contributed by atoms with Gasteiger partial charge in [0, 0.05) is 6.42 Å². The Kier molecular flexibility index (Phi) is 3.57. The van der Waals surface area contributed by atoms with Crippen LogP contribution in [0.5, 0.6) is 0 Å². The summed E-state index contributed by atoms with van der Waals surface area (Å²) in [6, 6.07) is 7.57. The van der Waals surface area contributed by atoms with Crippen molar-refractivity contribution in [2.45, 2.75) is 33.1 Å². The van der Waals surface area contributed by atoms with Crippen LogP contribution in [0.4, 0.5) is 0 Å². The van der Waals surface area contributed by atoms with Crippen molar-refractivity contribution in [3.05, 3.63) is 30.2 Å². The van der Waals surface area contributed by atoms with Gasteiger partial charge in [0.25, 0.3) is 0 Å². The summed E-state index contributed by atoms with van der Waals surface area (Å²) in [6.45, 7) is 4.18. The SMILES string of the molecule is CCC(C)CC(=O)Cc1nc2ccccc2o1. The van der Waals surface area contributed by atoms with Crippen molar-refractivity contribution in [1.82, 2.24) is 4.98 Å². The minimum absolute atomic E-state index is 0.200. The third-order valence-electron chi connectivity index (χ3n) is 2.96. The molecule has 0 amide bonds. The number of carbonyl (C=O) groups is 1. The molecule has 90 valence electrons. The van der Waals surface area contributed by atoms with E-state index in [0.717, 1.165) is 17.5 Å². The fourth-order valence-corrected chi connectivity index (χ4v) is 1.77. The lowest BCUT2D eigenvalue weighted by atomic mass is 10.0. The van der Waals surface area contributed by atoms with Gasteiger partial charge in [0.1, 0.15) is 11.3 Å². The van der Waals surface area contributed by atoms with Gasteiger partial charge < -0.3 is 4.42 Å². The molecule has 0 aliphatic heterocycles. The molecule has 0 fully saturated rings. The number of para-hydroxylation sites is 2. The largest absolute Gasteiger partial charge is 0.440 e. The number of oxazole rings is 1. The van der Waals surface area contributed by atoms with E-state index in [1.807, 2.05) is 24.3 Å². The number of rotatable bonds is 5. The number of nitrogens with zero attached hydrogens (tertiary/aromatic N) is 1. The van der Waals surface area contributed by atoms with Gasteiger partial charge in [-0.3, -0.25) is 4.79 Å². The van der Waals surface area contributed by atoms with Crippen molar-refractivity contribution in [2.24, 2.45) is 5.92 Å². The molecule has 0 aliphatic rings. The van der Waals surface area contributed by atoms with E-state index in [2.05, 4.69) is 18.8 Å². The molecular weight excluding hydrogens is 214 g/mol. The van der Waals surface area contributed by atoms with E-state index in [9.17, 15) is 4.79 Å². The van der Waals surface area contributed by atoms with Crippen LogP contribution in [0.3, 0.4) is 0 Å². The highest BCUT2D eigenvalue weighted by Gasteiger charge is 2.12. The summed E-state index contributed by atoms with van der Waals surface area (Å²) < 4.78 is 5.52. The lowest BCUT2D eigenvalue weighted by Gasteiger charge is -2.04. The Morgan fingerprint density at radius 1 is 1.41 bits per heavy atom. The Bertz CT molecular complexity index is 483. The first kappa shape index (κ1) is 11.8. The van der Waals surface area contributed by atoms with Crippen molar-refractivity contribution in [1.29, 1.82) is 0 Å². The van der Waals surface area contributed by atoms with Crippen LogP contribution in [-0.4, -0.2) is 10.8 Å². The molecule has 0 saturated carbocycles. The van der Waals surface area contributed by atoms with Crippen molar-refractivity contribution in [3.63, 3.8) is 0 Å². The quantitative estimate of drug-likeness (QED) is 0.792. The highest BCUT2D eigenvalue weighted by molar-refractivity contribution is 5.81. The molecule has 0 radical (unpaired) electrons. The van der Waals surface area contributed by atoms with E-state index in [1.165, 1.54) is 0 Å². The van der Waals surface area contributed by atoms with Gasteiger partial charge in [0.15, 0.2) is 5.58 Å². The highest BCUT2D eigenvalue weighted by Crippen LogP contribution is 2.16. The molecule has 1 aromatic heterocycles. The monoisotopic (exact) mass is 231 g/mol. The van der Waals surface area contributed by atoms with Crippen LogP contribution < -0.4 is 0 Å². The number of ketones is 1. The summed E-state index contributed by atoms with van der Waals surface area (Å²) in [4.78, 5) is 16.1. The molecule has 0 spiro atoms. The predicted octanol–water partition coefficient (Wildman–Crippen LogP) is 3.38. The fourth-order valence-electron chi connectivity index (χ4n) is 1.77.